The number of hydrogen-bond donors (Lipinski definition) is 1. The highest BCUT2D eigenvalue weighted by Gasteiger charge is 2.31. The van der Waals surface area contributed by atoms with Crippen LogP contribution in [0, 0.1) is 0 Å². The van der Waals surface area contributed by atoms with Crippen LogP contribution in [0.4, 0.5) is 11.4 Å². The van der Waals surface area contributed by atoms with Gasteiger partial charge >= 0.3 is 0 Å². The molecule has 1 nitrogen and oxygen atoms in total. The van der Waals surface area contributed by atoms with Crippen molar-refractivity contribution >= 4 is 21.4 Å². The third-order valence-corrected chi connectivity index (χ3v) is 8.45. The lowest BCUT2D eigenvalue weighted by Gasteiger charge is -2.28. The van der Waals surface area contributed by atoms with Crippen molar-refractivity contribution in [2.45, 2.75) is 9.79 Å². The molecule has 0 amide bonds. The molecule has 0 saturated carbocycles. The summed E-state index contributed by atoms with van der Waals surface area (Å²) in [6.45, 7) is 0. The molecular formula is C26H23NS. The molecule has 0 bridgehead atoms. The predicted molar refractivity (Wildman–Crippen MR) is 123 cm³/mol. The summed E-state index contributed by atoms with van der Waals surface area (Å²) >= 11 is 0. The molecule has 0 fully saturated rings. The van der Waals surface area contributed by atoms with E-state index in [1.807, 2.05) is 0 Å². The zero-order chi connectivity index (χ0) is 19.1. The Hall–Kier alpha value is -2.97. The zero-order valence-corrected chi connectivity index (χ0v) is 17.0. The minimum absolute atomic E-state index is 0.919. The Balaban J connectivity index is 1.45. The van der Waals surface area contributed by atoms with Crippen molar-refractivity contribution < 1.29 is 0 Å². The van der Waals surface area contributed by atoms with Crippen LogP contribution in [0.15, 0.2) is 107 Å². The van der Waals surface area contributed by atoms with Crippen LogP contribution in [0.2, 0.25) is 0 Å². The second-order valence-electron chi connectivity index (χ2n) is 7.60. The van der Waals surface area contributed by atoms with Gasteiger partial charge in [0.15, 0.2) is 0 Å². The van der Waals surface area contributed by atoms with Gasteiger partial charge in [-0.05, 0) is 71.2 Å². The Morgan fingerprint density at radius 3 is 1.93 bits per heavy atom. The van der Waals surface area contributed by atoms with E-state index in [0.717, 1.165) is 11.4 Å². The second kappa shape index (κ2) is 6.57. The number of benzene rings is 4. The van der Waals surface area contributed by atoms with Crippen molar-refractivity contribution in [2.75, 3.05) is 17.8 Å². The van der Waals surface area contributed by atoms with Crippen LogP contribution in [-0.2, 0) is 0 Å². The van der Waals surface area contributed by atoms with Crippen LogP contribution >= 0.6 is 10.0 Å². The van der Waals surface area contributed by atoms with Gasteiger partial charge in [-0.25, -0.2) is 0 Å². The molecule has 0 radical (unpaired) electrons. The number of rotatable bonds is 3. The van der Waals surface area contributed by atoms with E-state index in [4.69, 9.17) is 0 Å². The minimum atomic E-state index is -0.919. The first-order chi connectivity index (χ1) is 13.6. The maximum Gasteiger partial charge on any atom is 0.0391 e. The second-order valence-corrected chi connectivity index (χ2v) is 11.1. The van der Waals surface area contributed by atoms with E-state index >= 15 is 0 Å². The fraction of sp³-hybridized carbons (Fsp3) is 0.0769. The minimum Gasteiger partial charge on any atom is -0.356 e. The smallest absolute Gasteiger partial charge is 0.0391 e. The van der Waals surface area contributed by atoms with Crippen LogP contribution in [0.3, 0.4) is 0 Å². The van der Waals surface area contributed by atoms with E-state index in [2.05, 4.69) is 115 Å². The van der Waals surface area contributed by atoms with Crippen LogP contribution in [0.25, 0.3) is 22.3 Å². The third kappa shape index (κ3) is 2.81. The topological polar surface area (TPSA) is 12.0 Å². The van der Waals surface area contributed by atoms with Crippen molar-refractivity contribution in [3.8, 4) is 22.3 Å². The summed E-state index contributed by atoms with van der Waals surface area (Å²) in [4.78, 5) is 2.98. The quantitative estimate of drug-likeness (QED) is 0.386. The molecule has 4 aromatic carbocycles. The summed E-state index contributed by atoms with van der Waals surface area (Å²) in [6, 6.07) is 34.8. The van der Waals surface area contributed by atoms with Crippen LogP contribution in [-0.4, -0.2) is 12.5 Å². The van der Waals surface area contributed by atoms with Crippen molar-refractivity contribution in [1.29, 1.82) is 0 Å². The molecule has 1 aliphatic heterocycles. The molecule has 0 spiro atoms. The van der Waals surface area contributed by atoms with Gasteiger partial charge in [-0.1, -0.05) is 60.7 Å². The summed E-state index contributed by atoms with van der Waals surface area (Å²) < 4.78 is 0. The van der Waals surface area contributed by atoms with Gasteiger partial charge in [-0.2, -0.15) is 10.0 Å². The normalized spacial score (nSPS) is 14.8. The molecule has 1 heterocycles. The highest BCUT2D eigenvalue weighted by molar-refractivity contribution is 8.33. The predicted octanol–water partition coefficient (Wildman–Crippen LogP) is 7.56. The van der Waals surface area contributed by atoms with Gasteiger partial charge in [0.1, 0.15) is 0 Å². The molecule has 5 rings (SSSR count). The standard InChI is InChI=1S/C26H23NS/c1-28(2)25-11-7-6-10-23(25)24-18-22(16-17-26(24)28)27-21-14-12-20(13-15-21)19-8-4-3-5-9-19/h3-18,27H,1-2H3. The van der Waals surface area contributed by atoms with E-state index in [-0.39, 0.29) is 0 Å². The van der Waals surface area contributed by atoms with Crippen molar-refractivity contribution in [3.05, 3.63) is 97.1 Å². The van der Waals surface area contributed by atoms with Crippen molar-refractivity contribution in [3.63, 3.8) is 0 Å². The Morgan fingerprint density at radius 1 is 0.536 bits per heavy atom. The molecule has 0 aromatic heterocycles. The van der Waals surface area contributed by atoms with Crippen LogP contribution in [0.5, 0.6) is 0 Å². The number of fused-ring (bicyclic) bond motifs is 3. The average molecular weight is 382 g/mol. The van der Waals surface area contributed by atoms with E-state index in [1.165, 1.54) is 32.0 Å². The monoisotopic (exact) mass is 381 g/mol. The molecule has 0 saturated heterocycles. The van der Waals surface area contributed by atoms with E-state index < -0.39 is 10.0 Å². The number of hydrogen-bond acceptors (Lipinski definition) is 1. The van der Waals surface area contributed by atoms with Gasteiger partial charge in [0.05, 0.1) is 0 Å². The first kappa shape index (κ1) is 17.2. The van der Waals surface area contributed by atoms with Crippen LogP contribution in [0.1, 0.15) is 0 Å². The first-order valence-electron chi connectivity index (χ1n) is 9.52. The van der Waals surface area contributed by atoms with E-state index in [1.54, 1.807) is 0 Å². The van der Waals surface area contributed by atoms with Gasteiger partial charge in [0.25, 0.3) is 0 Å². The summed E-state index contributed by atoms with van der Waals surface area (Å²) in [5, 5.41) is 3.58. The van der Waals surface area contributed by atoms with Gasteiger partial charge in [0.2, 0.25) is 0 Å². The lowest BCUT2D eigenvalue weighted by molar-refractivity contribution is 1.43. The molecule has 138 valence electrons. The maximum absolute atomic E-state index is 3.58. The Labute approximate surface area is 168 Å². The van der Waals surface area contributed by atoms with Gasteiger partial charge < -0.3 is 5.32 Å². The molecule has 0 atom stereocenters. The fourth-order valence-electron chi connectivity index (χ4n) is 4.06. The summed E-state index contributed by atoms with van der Waals surface area (Å²) in [5.41, 5.74) is 7.49. The lowest BCUT2D eigenvalue weighted by atomic mass is 10.0. The Kier molecular flexibility index (Phi) is 4.03. The molecule has 4 aromatic rings. The molecule has 1 N–H and O–H groups in total. The molecule has 2 heteroatoms. The summed E-state index contributed by atoms with van der Waals surface area (Å²) in [7, 11) is -0.919. The molecular weight excluding hydrogens is 358 g/mol. The Morgan fingerprint density at radius 2 is 1.14 bits per heavy atom. The maximum atomic E-state index is 3.58. The van der Waals surface area contributed by atoms with Gasteiger partial charge in [0, 0.05) is 21.2 Å². The third-order valence-electron chi connectivity index (χ3n) is 5.54. The van der Waals surface area contributed by atoms with Gasteiger partial charge in [-0.15, -0.1) is 0 Å². The number of anilines is 2. The van der Waals surface area contributed by atoms with Crippen molar-refractivity contribution in [1.82, 2.24) is 0 Å². The van der Waals surface area contributed by atoms with Crippen molar-refractivity contribution in [2.24, 2.45) is 0 Å². The Bertz CT molecular complexity index is 1140. The summed E-state index contributed by atoms with van der Waals surface area (Å²) in [5.74, 6) is 0. The average Bonchev–Trinajstić information content (AvgIpc) is 2.96. The highest BCUT2D eigenvalue weighted by Crippen LogP contribution is 2.67. The zero-order valence-electron chi connectivity index (χ0n) is 16.1. The fourth-order valence-corrected chi connectivity index (χ4v) is 6.57. The van der Waals surface area contributed by atoms with Crippen LogP contribution < -0.4 is 5.32 Å². The molecule has 0 unspecified atom stereocenters. The van der Waals surface area contributed by atoms with Gasteiger partial charge in [-0.3, -0.25) is 0 Å². The van der Waals surface area contributed by atoms with E-state index in [0.29, 0.717) is 0 Å². The SMILES string of the molecule is CS1(C)c2ccccc2-c2cc(Nc3ccc(-c4ccccc4)cc3)ccc21. The van der Waals surface area contributed by atoms with E-state index in [9.17, 15) is 0 Å². The first-order valence-corrected chi connectivity index (χ1v) is 12.0. The molecule has 0 aliphatic carbocycles. The highest BCUT2D eigenvalue weighted by atomic mass is 32.3. The summed E-state index contributed by atoms with van der Waals surface area (Å²) in [6.07, 6.45) is 4.79. The number of nitrogens with one attached hydrogen (secondary N) is 1. The molecule has 1 aliphatic rings. The molecule has 28 heavy (non-hydrogen) atoms. The lowest BCUT2D eigenvalue weighted by Crippen LogP contribution is -1.94. The largest absolute Gasteiger partial charge is 0.356 e.